The molecule has 0 aliphatic carbocycles. The van der Waals surface area contributed by atoms with Crippen LogP contribution in [0.2, 0.25) is 0 Å². The van der Waals surface area contributed by atoms with E-state index >= 15 is 0 Å². The van der Waals surface area contributed by atoms with Gasteiger partial charge in [-0.1, -0.05) is 11.3 Å². The fourth-order valence-corrected chi connectivity index (χ4v) is 3.63. The van der Waals surface area contributed by atoms with Crippen LogP contribution >= 0.6 is 11.3 Å². The summed E-state index contributed by atoms with van der Waals surface area (Å²) in [6.07, 6.45) is 3.17. The number of H-pyrrole nitrogens is 1. The van der Waals surface area contributed by atoms with E-state index in [1.807, 2.05) is 0 Å². The molecule has 0 aromatic carbocycles. The van der Waals surface area contributed by atoms with Gasteiger partial charge in [0.1, 0.15) is 0 Å². The molecule has 9 heteroatoms. The number of thiazole rings is 1. The number of nitrogens with zero attached hydrogens (tertiary/aromatic N) is 2. The zero-order valence-corrected chi connectivity index (χ0v) is 10.6. The first-order valence-corrected chi connectivity index (χ1v) is 6.99. The summed E-state index contributed by atoms with van der Waals surface area (Å²) < 4.78 is 26.5. The SMILES string of the molecule is Cc1nc(N)sc1S(=O)(=O)NCc1cn[nH]c1. The number of anilines is 1. The Morgan fingerprint density at radius 2 is 2.35 bits per heavy atom. The highest BCUT2D eigenvalue weighted by Gasteiger charge is 2.20. The van der Waals surface area contributed by atoms with Crippen molar-refractivity contribution in [2.45, 2.75) is 17.7 Å². The monoisotopic (exact) mass is 273 g/mol. The number of hydrogen-bond acceptors (Lipinski definition) is 6. The molecule has 2 heterocycles. The lowest BCUT2D eigenvalue weighted by Crippen LogP contribution is -2.22. The third-order valence-corrected chi connectivity index (χ3v) is 5.03. The van der Waals surface area contributed by atoms with Crippen molar-refractivity contribution < 1.29 is 8.42 Å². The number of aromatic amines is 1. The van der Waals surface area contributed by atoms with Crippen molar-refractivity contribution >= 4 is 26.5 Å². The lowest BCUT2D eigenvalue weighted by Gasteiger charge is -2.03. The fourth-order valence-electron chi connectivity index (χ4n) is 1.27. The molecule has 0 atom stereocenters. The molecule has 0 aliphatic rings. The van der Waals surface area contributed by atoms with Crippen LogP contribution in [-0.2, 0) is 16.6 Å². The van der Waals surface area contributed by atoms with E-state index in [1.54, 1.807) is 19.3 Å². The Labute approximate surface area is 102 Å². The van der Waals surface area contributed by atoms with Crippen LogP contribution < -0.4 is 10.5 Å². The van der Waals surface area contributed by atoms with E-state index in [-0.39, 0.29) is 15.9 Å². The Hall–Kier alpha value is -1.45. The summed E-state index contributed by atoms with van der Waals surface area (Å²) in [5.41, 5.74) is 6.63. The molecule has 0 aliphatic heterocycles. The van der Waals surface area contributed by atoms with E-state index in [0.717, 1.165) is 16.9 Å². The van der Waals surface area contributed by atoms with Crippen LogP contribution in [0.15, 0.2) is 16.6 Å². The van der Waals surface area contributed by atoms with Gasteiger partial charge in [-0.3, -0.25) is 5.10 Å². The summed E-state index contributed by atoms with van der Waals surface area (Å²) in [7, 11) is -3.56. The normalized spacial score (nSPS) is 11.8. The van der Waals surface area contributed by atoms with Gasteiger partial charge in [-0.05, 0) is 6.92 Å². The first-order chi connectivity index (χ1) is 7.99. The Bertz CT molecular complexity index is 602. The van der Waals surface area contributed by atoms with E-state index < -0.39 is 10.0 Å². The van der Waals surface area contributed by atoms with Gasteiger partial charge >= 0.3 is 0 Å². The number of rotatable bonds is 4. The van der Waals surface area contributed by atoms with Crippen LogP contribution in [0.5, 0.6) is 0 Å². The highest BCUT2D eigenvalue weighted by molar-refractivity contribution is 7.91. The van der Waals surface area contributed by atoms with Gasteiger partial charge < -0.3 is 5.73 Å². The summed E-state index contributed by atoms with van der Waals surface area (Å²) in [5.74, 6) is 0. The van der Waals surface area contributed by atoms with Crippen molar-refractivity contribution in [3.63, 3.8) is 0 Å². The molecule has 7 nitrogen and oxygen atoms in total. The van der Waals surface area contributed by atoms with Crippen molar-refractivity contribution in [3.05, 3.63) is 23.7 Å². The second-order valence-corrected chi connectivity index (χ2v) is 6.35. The summed E-state index contributed by atoms with van der Waals surface area (Å²) in [4.78, 5) is 3.88. The van der Waals surface area contributed by atoms with Crippen LogP contribution in [0, 0.1) is 6.92 Å². The van der Waals surface area contributed by atoms with Gasteiger partial charge in [-0.2, -0.15) is 5.10 Å². The number of nitrogens with one attached hydrogen (secondary N) is 2. The molecule has 4 N–H and O–H groups in total. The van der Waals surface area contributed by atoms with Crippen molar-refractivity contribution in [1.29, 1.82) is 0 Å². The average molecular weight is 273 g/mol. The maximum absolute atomic E-state index is 11.9. The lowest BCUT2D eigenvalue weighted by atomic mass is 10.4. The van der Waals surface area contributed by atoms with E-state index in [1.165, 1.54) is 0 Å². The highest BCUT2D eigenvalue weighted by Crippen LogP contribution is 2.24. The highest BCUT2D eigenvalue weighted by atomic mass is 32.2. The van der Waals surface area contributed by atoms with Gasteiger partial charge in [0.15, 0.2) is 9.34 Å². The van der Waals surface area contributed by atoms with Gasteiger partial charge in [0.05, 0.1) is 11.9 Å². The van der Waals surface area contributed by atoms with Crippen molar-refractivity contribution in [1.82, 2.24) is 19.9 Å². The topological polar surface area (TPSA) is 114 Å². The van der Waals surface area contributed by atoms with Gasteiger partial charge in [0.2, 0.25) is 0 Å². The minimum Gasteiger partial charge on any atom is -0.375 e. The van der Waals surface area contributed by atoms with Crippen LogP contribution in [0.25, 0.3) is 0 Å². The molecule has 0 spiro atoms. The number of nitrogens with two attached hydrogens (primary N) is 1. The largest absolute Gasteiger partial charge is 0.375 e. The van der Waals surface area contributed by atoms with Crippen LogP contribution in [0.1, 0.15) is 11.3 Å². The molecule has 0 saturated heterocycles. The maximum atomic E-state index is 11.9. The quantitative estimate of drug-likeness (QED) is 0.738. The van der Waals surface area contributed by atoms with Crippen LogP contribution in [0.4, 0.5) is 5.13 Å². The maximum Gasteiger partial charge on any atom is 0.252 e. The number of aryl methyl sites for hydroxylation is 1. The standard InChI is InChI=1S/C8H11N5O2S2/c1-5-7(16-8(9)13-5)17(14,15)12-4-6-2-10-11-3-6/h2-3,12H,4H2,1H3,(H2,9,13)(H,10,11). The number of nitrogen functional groups attached to an aromatic ring is 1. The first kappa shape index (κ1) is 12.0. The molecular formula is C8H11N5O2S2. The number of hydrogen-bond donors (Lipinski definition) is 3. The minimum absolute atomic E-state index is 0.151. The Kier molecular flexibility index (Phi) is 3.13. The van der Waals surface area contributed by atoms with E-state index in [4.69, 9.17) is 5.73 Å². The number of sulfonamides is 1. The predicted molar refractivity (Wildman–Crippen MR) is 63.9 cm³/mol. The zero-order chi connectivity index (χ0) is 12.5. The van der Waals surface area contributed by atoms with Crippen molar-refractivity contribution in [2.24, 2.45) is 0 Å². The smallest absolute Gasteiger partial charge is 0.252 e. The molecule has 0 amide bonds. The van der Waals surface area contributed by atoms with Crippen LogP contribution in [-0.4, -0.2) is 23.6 Å². The fraction of sp³-hybridized carbons (Fsp3) is 0.250. The molecule has 2 aromatic heterocycles. The summed E-state index contributed by atoms with van der Waals surface area (Å²) >= 11 is 0.951. The molecule has 0 radical (unpaired) electrons. The van der Waals surface area contributed by atoms with Gasteiger partial charge in [-0.15, -0.1) is 0 Å². The summed E-state index contributed by atoms with van der Waals surface area (Å²) in [6, 6.07) is 0. The molecule has 0 fully saturated rings. The molecule has 0 unspecified atom stereocenters. The molecular weight excluding hydrogens is 262 g/mol. The Morgan fingerprint density at radius 3 is 2.88 bits per heavy atom. The van der Waals surface area contributed by atoms with Gasteiger partial charge in [0.25, 0.3) is 10.0 Å². The molecule has 0 bridgehead atoms. The van der Waals surface area contributed by atoms with Crippen molar-refractivity contribution in [3.8, 4) is 0 Å². The molecule has 17 heavy (non-hydrogen) atoms. The second kappa shape index (κ2) is 4.43. The second-order valence-electron chi connectivity index (χ2n) is 3.36. The Balaban J connectivity index is 2.17. The molecule has 0 saturated carbocycles. The summed E-state index contributed by atoms with van der Waals surface area (Å²) in [6.45, 7) is 1.79. The lowest BCUT2D eigenvalue weighted by molar-refractivity contribution is 0.582. The zero-order valence-electron chi connectivity index (χ0n) is 8.97. The third kappa shape index (κ3) is 2.62. The molecule has 92 valence electrons. The minimum atomic E-state index is -3.56. The predicted octanol–water partition coefficient (Wildman–Crippen LogP) is 0.235. The number of aromatic nitrogens is 3. The first-order valence-electron chi connectivity index (χ1n) is 4.69. The Morgan fingerprint density at radius 1 is 1.59 bits per heavy atom. The van der Waals surface area contributed by atoms with E-state index in [9.17, 15) is 8.42 Å². The molecule has 2 aromatic rings. The van der Waals surface area contributed by atoms with Gasteiger partial charge in [-0.25, -0.2) is 18.1 Å². The van der Waals surface area contributed by atoms with Crippen LogP contribution in [0.3, 0.4) is 0 Å². The third-order valence-electron chi connectivity index (χ3n) is 2.04. The van der Waals surface area contributed by atoms with Crippen molar-refractivity contribution in [2.75, 3.05) is 5.73 Å². The summed E-state index contributed by atoms with van der Waals surface area (Å²) in [5, 5.41) is 6.58. The van der Waals surface area contributed by atoms with E-state index in [0.29, 0.717) is 5.69 Å². The molecule has 2 rings (SSSR count). The van der Waals surface area contributed by atoms with Gasteiger partial charge in [0, 0.05) is 18.3 Å². The van der Waals surface area contributed by atoms with E-state index in [2.05, 4.69) is 19.9 Å². The average Bonchev–Trinajstić information content (AvgIpc) is 2.85.